The van der Waals surface area contributed by atoms with Gasteiger partial charge in [-0.25, -0.2) is 0 Å². The second-order valence-electron chi connectivity index (χ2n) is 7.61. The number of furan rings is 1. The van der Waals surface area contributed by atoms with E-state index in [4.69, 9.17) is 9.15 Å². The average molecular weight is 397 g/mol. The van der Waals surface area contributed by atoms with Gasteiger partial charge in [0.1, 0.15) is 11.9 Å². The quantitative estimate of drug-likeness (QED) is 0.840. The van der Waals surface area contributed by atoms with Crippen molar-refractivity contribution in [1.29, 1.82) is 0 Å². The number of ether oxygens (including phenoxy) is 1. The predicted molar refractivity (Wildman–Crippen MR) is 109 cm³/mol. The minimum absolute atomic E-state index is 0.00682. The van der Waals surface area contributed by atoms with Crippen LogP contribution in [-0.2, 0) is 4.79 Å². The zero-order valence-corrected chi connectivity index (χ0v) is 16.7. The van der Waals surface area contributed by atoms with Crippen LogP contribution in [0.2, 0.25) is 0 Å². The van der Waals surface area contributed by atoms with Gasteiger partial charge in [0.15, 0.2) is 5.76 Å². The maximum absolute atomic E-state index is 12.7. The van der Waals surface area contributed by atoms with Crippen LogP contribution in [0, 0.1) is 0 Å². The molecule has 1 saturated heterocycles. The van der Waals surface area contributed by atoms with Crippen molar-refractivity contribution in [2.75, 3.05) is 31.1 Å². The number of anilines is 1. The van der Waals surface area contributed by atoms with Crippen molar-refractivity contribution in [2.45, 2.75) is 38.3 Å². The molecule has 2 amide bonds. The molecule has 0 saturated carbocycles. The summed E-state index contributed by atoms with van der Waals surface area (Å²) in [6.07, 6.45) is 3.99. The number of carbonyl (C=O) groups excluding carboxylic acids is 2. The number of nitrogens with zero attached hydrogens (tertiary/aromatic N) is 2. The number of nitrogens with one attached hydrogen (secondary N) is 1. The number of fused-ring (bicyclic) bond motifs is 1. The molecule has 1 N–H and O–H groups in total. The third-order valence-electron chi connectivity index (χ3n) is 5.59. The number of rotatable bonds is 5. The number of hydrogen-bond donors (Lipinski definition) is 1. The van der Waals surface area contributed by atoms with Gasteiger partial charge in [-0.1, -0.05) is 19.1 Å². The summed E-state index contributed by atoms with van der Waals surface area (Å²) in [7, 11) is 0. The van der Waals surface area contributed by atoms with E-state index in [9.17, 15) is 9.59 Å². The van der Waals surface area contributed by atoms with Crippen LogP contribution in [0.5, 0.6) is 5.75 Å². The lowest BCUT2D eigenvalue weighted by atomic mass is 10.0. The Morgan fingerprint density at radius 1 is 1.14 bits per heavy atom. The Labute approximate surface area is 170 Å². The summed E-state index contributed by atoms with van der Waals surface area (Å²) in [6, 6.07) is 11.3. The van der Waals surface area contributed by atoms with Crippen LogP contribution in [0.4, 0.5) is 5.69 Å². The Balaban J connectivity index is 1.30. The van der Waals surface area contributed by atoms with Crippen molar-refractivity contribution in [3.63, 3.8) is 0 Å². The minimum Gasteiger partial charge on any atom is -0.486 e. The lowest BCUT2D eigenvalue weighted by molar-refractivity contribution is -0.120. The van der Waals surface area contributed by atoms with E-state index in [-0.39, 0.29) is 24.0 Å². The molecule has 0 unspecified atom stereocenters. The Bertz CT molecular complexity index is 844. The molecule has 0 bridgehead atoms. The first-order chi connectivity index (χ1) is 14.1. The summed E-state index contributed by atoms with van der Waals surface area (Å²) in [5.74, 6) is 1.12. The van der Waals surface area contributed by atoms with Gasteiger partial charge in [0.05, 0.1) is 25.0 Å². The fourth-order valence-electron chi connectivity index (χ4n) is 3.97. The van der Waals surface area contributed by atoms with E-state index in [0.717, 1.165) is 30.7 Å². The van der Waals surface area contributed by atoms with Crippen LogP contribution >= 0.6 is 0 Å². The summed E-state index contributed by atoms with van der Waals surface area (Å²) in [5, 5.41) is 3.14. The van der Waals surface area contributed by atoms with Gasteiger partial charge >= 0.3 is 0 Å². The second-order valence-corrected chi connectivity index (χ2v) is 7.61. The van der Waals surface area contributed by atoms with E-state index in [1.807, 2.05) is 24.3 Å². The third-order valence-corrected chi connectivity index (χ3v) is 5.59. The summed E-state index contributed by atoms with van der Waals surface area (Å²) in [4.78, 5) is 28.9. The molecule has 1 aromatic heterocycles. The zero-order valence-electron chi connectivity index (χ0n) is 16.7. The molecule has 1 aromatic carbocycles. The van der Waals surface area contributed by atoms with Crippen molar-refractivity contribution < 1.29 is 18.7 Å². The highest BCUT2D eigenvalue weighted by atomic mass is 16.5. The molecule has 0 radical (unpaired) electrons. The summed E-state index contributed by atoms with van der Waals surface area (Å²) >= 11 is 0. The number of amides is 2. The van der Waals surface area contributed by atoms with Crippen LogP contribution in [0.15, 0.2) is 47.1 Å². The largest absolute Gasteiger partial charge is 0.486 e. The van der Waals surface area contributed by atoms with Gasteiger partial charge < -0.3 is 24.3 Å². The molecule has 154 valence electrons. The number of piperidine rings is 1. The van der Waals surface area contributed by atoms with Gasteiger partial charge in [-0.2, -0.15) is 0 Å². The minimum atomic E-state index is -0.0877. The molecule has 1 atom stereocenters. The van der Waals surface area contributed by atoms with E-state index in [1.54, 1.807) is 17.0 Å². The number of para-hydroxylation sites is 2. The van der Waals surface area contributed by atoms with Gasteiger partial charge in [-0.15, -0.1) is 0 Å². The van der Waals surface area contributed by atoms with Gasteiger partial charge in [0.25, 0.3) is 5.91 Å². The number of likely N-dealkylation sites (tertiary alicyclic amines) is 1. The summed E-state index contributed by atoms with van der Waals surface area (Å²) in [5.41, 5.74) is 0.964. The topological polar surface area (TPSA) is 75.0 Å². The Morgan fingerprint density at radius 2 is 1.93 bits per heavy atom. The molecule has 0 aliphatic carbocycles. The molecule has 7 heteroatoms. The maximum Gasteiger partial charge on any atom is 0.289 e. The normalized spacial score (nSPS) is 19.4. The Hall–Kier alpha value is -2.96. The summed E-state index contributed by atoms with van der Waals surface area (Å²) < 4.78 is 11.2. The molecule has 3 heterocycles. The highest BCUT2D eigenvalue weighted by molar-refractivity contribution is 5.91. The van der Waals surface area contributed by atoms with E-state index < -0.39 is 0 Å². The van der Waals surface area contributed by atoms with Crippen LogP contribution < -0.4 is 15.0 Å². The molecular weight excluding hydrogens is 370 g/mol. The SMILES string of the molecule is CC[C@@H]1CN(CC(=O)NC2CCN(C(=O)c3ccco3)CC2)c2ccccc2O1. The first-order valence-electron chi connectivity index (χ1n) is 10.3. The first-order valence-corrected chi connectivity index (χ1v) is 10.3. The highest BCUT2D eigenvalue weighted by Crippen LogP contribution is 2.33. The molecule has 2 aromatic rings. The van der Waals surface area contributed by atoms with Crippen molar-refractivity contribution in [2.24, 2.45) is 0 Å². The van der Waals surface area contributed by atoms with Crippen molar-refractivity contribution in [1.82, 2.24) is 10.2 Å². The molecule has 2 aliphatic heterocycles. The fraction of sp³-hybridized carbons (Fsp3) is 0.455. The molecule has 1 fully saturated rings. The average Bonchev–Trinajstić information content (AvgIpc) is 3.28. The second kappa shape index (κ2) is 8.59. The standard InChI is InChI=1S/C22H27N3O4/c1-2-17-14-25(18-6-3-4-7-19(18)29-17)15-21(26)23-16-9-11-24(12-10-16)22(27)20-8-5-13-28-20/h3-8,13,16-17H,2,9-12,14-15H2,1H3,(H,23,26)/t17-/m1/s1. The van der Waals surface area contributed by atoms with Gasteiger partial charge in [-0.05, 0) is 43.5 Å². The molecule has 7 nitrogen and oxygen atoms in total. The van der Waals surface area contributed by atoms with Crippen LogP contribution in [-0.4, -0.2) is 55.0 Å². The van der Waals surface area contributed by atoms with Crippen LogP contribution in [0.1, 0.15) is 36.7 Å². The lowest BCUT2D eigenvalue weighted by Gasteiger charge is -2.36. The van der Waals surface area contributed by atoms with Crippen molar-refractivity contribution in [3.05, 3.63) is 48.4 Å². The number of carbonyl (C=O) groups is 2. The van der Waals surface area contributed by atoms with Crippen molar-refractivity contribution in [3.8, 4) is 5.75 Å². The maximum atomic E-state index is 12.7. The van der Waals surface area contributed by atoms with Crippen molar-refractivity contribution >= 4 is 17.5 Å². The monoisotopic (exact) mass is 397 g/mol. The Kier molecular flexibility index (Phi) is 5.74. The van der Waals surface area contributed by atoms with Crippen LogP contribution in [0.3, 0.4) is 0 Å². The Morgan fingerprint density at radius 3 is 2.66 bits per heavy atom. The number of benzene rings is 1. The molecule has 4 rings (SSSR count). The molecule has 0 spiro atoms. The first kappa shape index (κ1) is 19.4. The lowest BCUT2D eigenvalue weighted by Crippen LogP contribution is -2.50. The van der Waals surface area contributed by atoms with Gasteiger partial charge in [-0.3, -0.25) is 9.59 Å². The predicted octanol–water partition coefficient (Wildman–Crippen LogP) is 2.68. The fourth-order valence-corrected chi connectivity index (χ4v) is 3.97. The zero-order chi connectivity index (χ0) is 20.2. The van der Waals surface area contributed by atoms with Gasteiger partial charge in [0.2, 0.25) is 5.91 Å². The van der Waals surface area contributed by atoms with E-state index in [2.05, 4.69) is 17.1 Å². The van der Waals surface area contributed by atoms with E-state index >= 15 is 0 Å². The molecule has 2 aliphatic rings. The highest BCUT2D eigenvalue weighted by Gasteiger charge is 2.28. The summed E-state index contributed by atoms with van der Waals surface area (Å²) in [6.45, 7) is 4.33. The molecule has 29 heavy (non-hydrogen) atoms. The van der Waals surface area contributed by atoms with Gasteiger partial charge in [0, 0.05) is 19.1 Å². The van der Waals surface area contributed by atoms with E-state index in [0.29, 0.717) is 31.9 Å². The molecular formula is C22H27N3O4. The smallest absolute Gasteiger partial charge is 0.289 e. The number of hydrogen-bond acceptors (Lipinski definition) is 5. The van der Waals surface area contributed by atoms with E-state index in [1.165, 1.54) is 6.26 Å². The van der Waals surface area contributed by atoms with Crippen LogP contribution in [0.25, 0.3) is 0 Å². The third kappa shape index (κ3) is 4.39.